The lowest BCUT2D eigenvalue weighted by molar-refractivity contribution is 0.193. The summed E-state index contributed by atoms with van der Waals surface area (Å²) in [6.07, 6.45) is 30.7. The molecule has 2 aliphatic carbocycles. The summed E-state index contributed by atoms with van der Waals surface area (Å²) in [6, 6.07) is 0. The minimum atomic E-state index is 0.413. The van der Waals surface area contributed by atoms with Crippen LogP contribution in [0.4, 0.5) is 0 Å². The van der Waals surface area contributed by atoms with E-state index >= 15 is 0 Å². The Morgan fingerprint density at radius 1 is 0.850 bits per heavy atom. The van der Waals surface area contributed by atoms with Crippen molar-refractivity contribution < 1.29 is 0 Å². The van der Waals surface area contributed by atoms with Gasteiger partial charge in [0.2, 0.25) is 0 Å². The molecule has 0 heterocycles. The summed E-state index contributed by atoms with van der Waals surface area (Å²) < 4.78 is 0. The molecule has 0 bridgehead atoms. The molecular formula is C40H68. The second-order valence-electron chi connectivity index (χ2n) is 15.4. The van der Waals surface area contributed by atoms with Crippen LogP contribution >= 0.6 is 0 Å². The van der Waals surface area contributed by atoms with Gasteiger partial charge in [0, 0.05) is 0 Å². The number of rotatable bonds is 16. The average molecular weight is 549 g/mol. The third-order valence-corrected chi connectivity index (χ3v) is 10.6. The summed E-state index contributed by atoms with van der Waals surface area (Å²) in [5, 5.41) is 0. The highest BCUT2D eigenvalue weighted by Crippen LogP contribution is 2.44. The van der Waals surface area contributed by atoms with Gasteiger partial charge in [0.05, 0.1) is 0 Å². The van der Waals surface area contributed by atoms with Crippen molar-refractivity contribution in [2.45, 2.75) is 172 Å². The Labute approximate surface area is 252 Å². The Bertz CT molecular complexity index is 925. The van der Waals surface area contributed by atoms with E-state index in [1.807, 2.05) is 0 Å². The molecular weight excluding hydrogens is 480 g/mol. The maximum atomic E-state index is 2.50. The van der Waals surface area contributed by atoms with E-state index in [0.29, 0.717) is 10.8 Å². The summed E-state index contributed by atoms with van der Waals surface area (Å²) in [5.74, 6) is 1.64. The third-order valence-electron chi connectivity index (χ3n) is 10.6. The number of allylic oxidation sites excluding steroid dienone is 10. The highest BCUT2D eigenvalue weighted by atomic mass is 14.4. The molecule has 0 aromatic heterocycles. The van der Waals surface area contributed by atoms with Crippen molar-refractivity contribution in [3.05, 3.63) is 57.7 Å². The molecule has 0 fully saturated rings. The smallest absolute Gasteiger partial charge is 0.0142 e. The lowest BCUT2D eigenvalue weighted by atomic mass is 9.66. The van der Waals surface area contributed by atoms with Crippen LogP contribution in [0.1, 0.15) is 172 Å². The first kappa shape index (κ1) is 34.9. The van der Waals surface area contributed by atoms with Gasteiger partial charge in [0.25, 0.3) is 0 Å². The van der Waals surface area contributed by atoms with Crippen molar-refractivity contribution in [3.63, 3.8) is 0 Å². The molecule has 0 nitrogen and oxygen atoms in total. The largest absolute Gasteiger partial charge is 0.0853 e. The van der Waals surface area contributed by atoms with Gasteiger partial charge in [-0.3, -0.25) is 0 Å². The molecule has 0 spiro atoms. The number of unbranched alkanes of at least 4 members (excludes halogenated alkanes) is 1. The van der Waals surface area contributed by atoms with Gasteiger partial charge in [-0.25, -0.2) is 0 Å². The fraction of sp³-hybridized carbons (Fsp3) is 0.750. The van der Waals surface area contributed by atoms with Crippen LogP contribution in [0.3, 0.4) is 0 Å². The van der Waals surface area contributed by atoms with Crippen LogP contribution in [-0.4, -0.2) is 0 Å². The minimum absolute atomic E-state index is 0.413. The van der Waals surface area contributed by atoms with Gasteiger partial charge in [0.1, 0.15) is 0 Å². The highest BCUT2D eigenvalue weighted by molar-refractivity contribution is 5.23. The van der Waals surface area contributed by atoms with Gasteiger partial charge in [-0.15, -0.1) is 0 Å². The fourth-order valence-electron chi connectivity index (χ4n) is 7.61. The lowest BCUT2D eigenvalue weighted by Crippen LogP contribution is -2.28. The highest BCUT2D eigenvalue weighted by Gasteiger charge is 2.32. The van der Waals surface area contributed by atoms with E-state index in [9.17, 15) is 0 Å². The molecule has 228 valence electrons. The summed E-state index contributed by atoms with van der Waals surface area (Å²) in [4.78, 5) is 0. The van der Waals surface area contributed by atoms with Crippen LogP contribution in [0, 0.1) is 22.7 Å². The lowest BCUT2D eigenvalue weighted by Gasteiger charge is -2.39. The van der Waals surface area contributed by atoms with E-state index in [-0.39, 0.29) is 0 Å². The summed E-state index contributed by atoms with van der Waals surface area (Å²) in [5.41, 5.74) is 10.7. The van der Waals surface area contributed by atoms with Gasteiger partial charge in [-0.2, -0.15) is 0 Å². The van der Waals surface area contributed by atoms with Crippen molar-refractivity contribution in [2.24, 2.45) is 22.7 Å². The van der Waals surface area contributed by atoms with Crippen LogP contribution in [0.2, 0.25) is 0 Å². The average Bonchev–Trinajstić information content (AvgIpc) is 2.85. The number of hydrogen-bond acceptors (Lipinski definition) is 0. The van der Waals surface area contributed by atoms with Gasteiger partial charge >= 0.3 is 0 Å². The molecule has 0 aromatic carbocycles. The van der Waals surface area contributed by atoms with Gasteiger partial charge < -0.3 is 0 Å². The standard InChI is InChI=1S/C40H68/c1-31(19-13-21-33(3)25-27-37-35(5)23-15-29-39(37,7)8)17-11-12-18-32(2)20-14-22-34(4)26-28-38-36(6)24-16-30-40(38,9)10/h17-18,21,24,34,38H,11-16,19-20,22-23,25-30H2,1-10H3/b31-17-,32-18+,33-21-/t34?,38-/m0/s1. The first-order valence-corrected chi connectivity index (χ1v) is 17.1. The topological polar surface area (TPSA) is 0 Å². The quantitative estimate of drug-likeness (QED) is 0.133. The second kappa shape index (κ2) is 17.0. The zero-order valence-electron chi connectivity index (χ0n) is 28.8. The first-order valence-electron chi connectivity index (χ1n) is 17.1. The summed E-state index contributed by atoms with van der Waals surface area (Å²) in [6.45, 7) is 24.1. The fourth-order valence-corrected chi connectivity index (χ4v) is 7.61. The number of hydrogen-bond donors (Lipinski definition) is 0. The molecule has 40 heavy (non-hydrogen) atoms. The SMILES string of the molecule is CC1=CCCC(C)(C)[C@H]1CCC(C)CCC/C(C)=C/CC/C=C(/C)CC/C=C(/C)CCC1=C(C)CCCC1(C)C. The van der Waals surface area contributed by atoms with Gasteiger partial charge in [0.15, 0.2) is 0 Å². The van der Waals surface area contributed by atoms with Crippen molar-refractivity contribution in [1.29, 1.82) is 0 Å². The predicted molar refractivity (Wildman–Crippen MR) is 182 cm³/mol. The van der Waals surface area contributed by atoms with E-state index in [2.05, 4.69) is 93.5 Å². The van der Waals surface area contributed by atoms with Crippen LogP contribution in [-0.2, 0) is 0 Å². The predicted octanol–water partition coefficient (Wildman–Crippen LogP) is 13.7. The minimum Gasteiger partial charge on any atom is -0.0853 e. The van der Waals surface area contributed by atoms with Crippen molar-refractivity contribution >= 4 is 0 Å². The van der Waals surface area contributed by atoms with Gasteiger partial charge in [-0.05, 0) is 147 Å². The second-order valence-corrected chi connectivity index (χ2v) is 15.4. The molecule has 1 unspecified atom stereocenters. The molecule has 0 aliphatic heterocycles. The summed E-state index contributed by atoms with van der Waals surface area (Å²) >= 11 is 0. The molecule has 2 atom stereocenters. The molecule has 0 saturated carbocycles. The van der Waals surface area contributed by atoms with Crippen LogP contribution in [0.25, 0.3) is 0 Å². The zero-order chi connectivity index (χ0) is 29.8. The summed E-state index contributed by atoms with van der Waals surface area (Å²) in [7, 11) is 0. The normalized spacial score (nSPS) is 22.9. The molecule has 0 N–H and O–H groups in total. The van der Waals surface area contributed by atoms with Crippen LogP contribution in [0.15, 0.2) is 57.7 Å². The van der Waals surface area contributed by atoms with E-state index < -0.39 is 0 Å². The van der Waals surface area contributed by atoms with Crippen LogP contribution < -0.4 is 0 Å². The monoisotopic (exact) mass is 549 g/mol. The van der Waals surface area contributed by atoms with E-state index in [1.165, 1.54) is 103 Å². The van der Waals surface area contributed by atoms with Crippen LogP contribution in [0.5, 0.6) is 0 Å². The van der Waals surface area contributed by atoms with E-state index in [4.69, 9.17) is 0 Å². The Balaban J connectivity index is 1.60. The van der Waals surface area contributed by atoms with Crippen molar-refractivity contribution in [3.8, 4) is 0 Å². The molecule has 0 heteroatoms. The van der Waals surface area contributed by atoms with Gasteiger partial charge in [-0.1, -0.05) is 105 Å². The maximum Gasteiger partial charge on any atom is -0.0142 e. The molecule has 0 radical (unpaired) electrons. The Kier molecular flexibility index (Phi) is 14.8. The van der Waals surface area contributed by atoms with Crippen molar-refractivity contribution in [2.75, 3.05) is 0 Å². The molecule has 0 amide bonds. The molecule has 2 rings (SSSR count). The zero-order valence-corrected chi connectivity index (χ0v) is 28.8. The first-order chi connectivity index (χ1) is 18.8. The maximum absolute atomic E-state index is 2.50. The Hall–Kier alpha value is -1.30. The third kappa shape index (κ3) is 12.3. The van der Waals surface area contributed by atoms with E-state index in [1.54, 1.807) is 33.4 Å². The Morgan fingerprint density at radius 2 is 1.48 bits per heavy atom. The van der Waals surface area contributed by atoms with Crippen molar-refractivity contribution in [1.82, 2.24) is 0 Å². The molecule has 2 aliphatic rings. The molecule has 0 aromatic rings. The Morgan fingerprint density at radius 3 is 2.12 bits per heavy atom. The van der Waals surface area contributed by atoms with E-state index in [0.717, 1.165) is 11.8 Å². The molecule has 0 saturated heterocycles.